The Morgan fingerprint density at radius 1 is 1.57 bits per heavy atom. The van der Waals surface area contributed by atoms with E-state index in [0.29, 0.717) is 13.0 Å². The van der Waals surface area contributed by atoms with Crippen LogP contribution in [0, 0.1) is 15.9 Å². The van der Waals surface area contributed by atoms with Gasteiger partial charge in [0.25, 0.3) is 0 Å². The average Bonchev–Trinajstić information content (AvgIpc) is 2.14. The van der Waals surface area contributed by atoms with Crippen LogP contribution in [-0.4, -0.2) is 11.5 Å². The molecule has 0 aliphatic rings. The zero-order valence-corrected chi connectivity index (χ0v) is 7.70. The molecule has 0 atom stereocenters. The van der Waals surface area contributed by atoms with Crippen LogP contribution < -0.4 is 4.74 Å². The Morgan fingerprint density at radius 3 is 2.86 bits per heavy atom. The summed E-state index contributed by atoms with van der Waals surface area (Å²) in [4.78, 5) is 9.71. The van der Waals surface area contributed by atoms with Crippen molar-refractivity contribution >= 4 is 5.69 Å². The number of ether oxygens (including phenoxy) is 1. The van der Waals surface area contributed by atoms with E-state index in [0.717, 1.165) is 6.07 Å². The zero-order chi connectivity index (χ0) is 10.6. The lowest BCUT2D eigenvalue weighted by Gasteiger charge is -2.04. The number of halogens is 1. The van der Waals surface area contributed by atoms with Gasteiger partial charge < -0.3 is 4.74 Å². The number of nitro groups is 1. The molecule has 76 valence electrons. The molecular weight excluding hydrogens is 189 g/mol. The second-order valence-electron chi connectivity index (χ2n) is 2.69. The molecule has 14 heavy (non-hydrogen) atoms. The molecule has 4 nitrogen and oxygen atoms in total. The van der Waals surface area contributed by atoms with Crippen LogP contribution >= 0.6 is 0 Å². The first-order valence-electron chi connectivity index (χ1n) is 4.22. The summed E-state index contributed by atoms with van der Waals surface area (Å²) >= 11 is 0. The standard InChI is InChI=1S/C9H10FNO3/c1-2-6-14-8-5-3-4-7(10)9(8)11(12)13/h3-5H,2,6H2,1H3. The van der Waals surface area contributed by atoms with Crippen molar-refractivity contribution in [3.05, 3.63) is 34.1 Å². The quantitative estimate of drug-likeness (QED) is 0.553. The van der Waals surface area contributed by atoms with Crippen LogP contribution in [0.15, 0.2) is 18.2 Å². The van der Waals surface area contributed by atoms with Crippen LogP contribution in [0.3, 0.4) is 0 Å². The second-order valence-corrected chi connectivity index (χ2v) is 2.69. The van der Waals surface area contributed by atoms with Gasteiger partial charge in [-0.25, -0.2) is 0 Å². The Labute approximate surface area is 80.5 Å². The van der Waals surface area contributed by atoms with Crippen LogP contribution in [0.1, 0.15) is 13.3 Å². The summed E-state index contributed by atoms with van der Waals surface area (Å²) in [6.07, 6.45) is 0.716. The molecule has 0 unspecified atom stereocenters. The van der Waals surface area contributed by atoms with Crippen LogP contribution in [0.2, 0.25) is 0 Å². The molecule has 1 aromatic rings. The largest absolute Gasteiger partial charge is 0.487 e. The van der Waals surface area contributed by atoms with Gasteiger partial charge in [-0.2, -0.15) is 4.39 Å². The number of hydrogen-bond donors (Lipinski definition) is 0. The Morgan fingerprint density at radius 2 is 2.29 bits per heavy atom. The van der Waals surface area contributed by atoms with Gasteiger partial charge in [-0.05, 0) is 18.6 Å². The first-order chi connectivity index (χ1) is 6.66. The Hall–Kier alpha value is -1.65. The molecular formula is C9H10FNO3. The number of para-hydroxylation sites is 1. The maximum Gasteiger partial charge on any atom is 0.346 e. The van der Waals surface area contributed by atoms with Crippen molar-refractivity contribution in [2.75, 3.05) is 6.61 Å². The van der Waals surface area contributed by atoms with Gasteiger partial charge in [-0.3, -0.25) is 10.1 Å². The minimum Gasteiger partial charge on any atom is -0.487 e. The van der Waals surface area contributed by atoms with Gasteiger partial charge >= 0.3 is 5.69 Å². The topological polar surface area (TPSA) is 52.4 Å². The molecule has 1 rings (SSSR count). The Kier molecular flexibility index (Phi) is 3.39. The maximum atomic E-state index is 13.0. The van der Waals surface area contributed by atoms with E-state index in [-0.39, 0.29) is 5.75 Å². The molecule has 0 N–H and O–H groups in total. The summed E-state index contributed by atoms with van der Waals surface area (Å²) in [6.45, 7) is 2.20. The van der Waals surface area contributed by atoms with Crippen molar-refractivity contribution < 1.29 is 14.1 Å². The number of hydrogen-bond acceptors (Lipinski definition) is 3. The molecule has 0 aromatic heterocycles. The van der Waals surface area contributed by atoms with Crippen molar-refractivity contribution in [1.82, 2.24) is 0 Å². The van der Waals surface area contributed by atoms with Gasteiger partial charge in [0.15, 0.2) is 5.75 Å². The highest BCUT2D eigenvalue weighted by Gasteiger charge is 2.20. The molecule has 0 bridgehead atoms. The Bertz CT molecular complexity index is 341. The van der Waals surface area contributed by atoms with E-state index in [4.69, 9.17) is 4.74 Å². The Balaban J connectivity index is 3.02. The van der Waals surface area contributed by atoms with Crippen molar-refractivity contribution in [2.24, 2.45) is 0 Å². The van der Waals surface area contributed by atoms with Gasteiger partial charge in [0.1, 0.15) is 0 Å². The van der Waals surface area contributed by atoms with E-state index in [2.05, 4.69) is 0 Å². The SMILES string of the molecule is CCCOc1cccc(F)c1[N+](=O)[O-]. The summed E-state index contributed by atoms with van der Waals surface area (Å²) in [6, 6.07) is 3.81. The summed E-state index contributed by atoms with van der Waals surface area (Å²) < 4.78 is 18.1. The van der Waals surface area contributed by atoms with Crippen molar-refractivity contribution in [3.8, 4) is 5.75 Å². The molecule has 5 heteroatoms. The number of nitrogens with zero attached hydrogens (tertiary/aromatic N) is 1. The van der Waals surface area contributed by atoms with E-state index in [1.165, 1.54) is 12.1 Å². The van der Waals surface area contributed by atoms with Crippen LogP contribution in [-0.2, 0) is 0 Å². The van der Waals surface area contributed by atoms with E-state index in [1.807, 2.05) is 6.92 Å². The molecule has 1 aromatic carbocycles. The lowest BCUT2D eigenvalue weighted by Crippen LogP contribution is -2.01. The number of rotatable bonds is 4. The maximum absolute atomic E-state index is 13.0. The van der Waals surface area contributed by atoms with Crippen molar-refractivity contribution in [2.45, 2.75) is 13.3 Å². The lowest BCUT2D eigenvalue weighted by atomic mass is 10.3. The monoisotopic (exact) mass is 199 g/mol. The highest BCUT2D eigenvalue weighted by atomic mass is 19.1. The minimum absolute atomic E-state index is 0.0168. The first-order valence-corrected chi connectivity index (χ1v) is 4.22. The van der Waals surface area contributed by atoms with Gasteiger partial charge in [0.2, 0.25) is 5.82 Å². The zero-order valence-electron chi connectivity index (χ0n) is 7.70. The number of benzene rings is 1. The molecule has 0 spiro atoms. The fourth-order valence-corrected chi connectivity index (χ4v) is 1.00. The third kappa shape index (κ3) is 2.18. The molecule has 0 radical (unpaired) electrons. The molecule has 0 amide bonds. The predicted molar refractivity (Wildman–Crippen MR) is 48.8 cm³/mol. The first kappa shape index (κ1) is 10.4. The highest BCUT2D eigenvalue weighted by molar-refractivity contribution is 5.47. The summed E-state index contributed by atoms with van der Waals surface area (Å²) in [7, 11) is 0. The molecule has 0 saturated heterocycles. The fourth-order valence-electron chi connectivity index (χ4n) is 1.00. The summed E-state index contributed by atoms with van der Waals surface area (Å²) in [5, 5.41) is 10.5. The third-order valence-corrected chi connectivity index (χ3v) is 1.59. The minimum atomic E-state index is -0.872. The van der Waals surface area contributed by atoms with E-state index >= 15 is 0 Å². The van der Waals surface area contributed by atoms with Crippen LogP contribution in [0.5, 0.6) is 5.75 Å². The van der Waals surface area contributed by atoms with Crippen LogP contribution in [0.4, 0.5) is 10.1 Å². The van der Waals surface area contributed by atoms with Gasteiger partial charge in [0, 0.05) is 0 Å². The molecule has 0 saturated carbocycles. The normalized spacial score (nSPS) is 9.86. The second kappa shape index (κ2) is 4.55. The lowest BCUT2D eigenvalue weighted by molar-refractivity contribution is -0.388. The number of nitro benzene ring substituents is 1. The average molecular weight is 199 g/mol. The third-order valence-electron chi connectivity index (χ3n) is 1.59. The highest BCUT2D eigenvalue weighted by Crippen LogP contribution is 2.29. The van der Waals surface area contributed by atoms with Gasteiger partial charge in [0.05, 0.1) is 11.5 Å². The van der Waals surface area contributed by atoms with E-state index < -0.39 is 16.4 Å². The van der Waals surface area contributed by atoms with Gasteiger partial charge in [-0.1, -0.05) is 13.0 Å². The van der Waals surface area contributed by atoms with Crippen LogP contribution in [0.25, 0.3) is 0 Å². The predicted octanol–water partition coefficient (Wildman–Crippen LogP) is 2.52. The smallest absolute Gasteiger partial charge is 0.346 e. The van der Waals surface area contributed by atoms with Crippen molar-refractivity contribution in [1.29, 1.82) is 0 Å². The van der Waals surface area contributed by atoms with Gasteiger partial charge in [-0.15, -0.1) is 0 Å². The van der Waals surface area contributed by atoms with Crippen molar-refractivity contribution in [3.63, 3.8) is 0 Å². The van der Waals surface area contributed by atoms with E-state index in [1.54, 1.807) is 0 Å². The summed E-state index contributed by atoms with van der Waals surface area (Å²) in [5.74, 6) is -0.888. The molecule has 0 heterocycles. The molecule has 0 fully saturated rings. The summed E-state index contributed by atoms with van der Waals surface area (Å²) in [5.41, 5.74) is -0.596. The molecule has 0 aliphatic heterocycles. The fraction of sp³-hybridized carbons (Fsp3) is 0.333. The molecule has 0 aliphatic carbocycles. The van der Waals surface area contributed by atoms with E-state index in [9.17, 15) is 14.5 Å².